The molecule has 1 aromatic rings. The molecule has 1 rings (SSSR count). The number of aliphatic carboxylic acids is 1. The molecule has 1 heterocycles. The van der Waals surface area contributed by atoms with Gasteiger partial charge in [0.2, 0.25) is 0 Å². The van der Waals surface area contributed by atoms with Crippen LogP contribution in [0.4, 0.5) is 0 Å². The summed E-state index contributed by atoms with van der Waals surface area (Å²) >= 11 is 0. The molecule has 2 N–H and O–H groups in total. The molecule has 6 heteroatoms. The van der Waals surface area contributed by atoms with Gasteiger partial charge in [0.15, 0.2) is 0 Å². The smallest absolute Gasteiger partial charge is 0.305 e. The van der Waals surface area contributed by atoms with Crippen LogP contribution in [0.3, 0.4) is 0 Å². The number of carboxylic acid groups (broad SMARTS) is 1. The molecule has 0 aliphatic heterocycles. The van der Waals surface area contributed by atoms with Crippen molar-refractivity contribution in [1.82, 2.24) is 15.5 Å². The third-order valence-corrected chi connectivity index (χ3v) is 3.07. The summed E-state index contributed by atoms with van der Waals surface area (Å²) in [6.45, 7) is 9.13. The summed E-state index contributed by atoms with van der Waals surface area (Å²) in [5.41, 5.74) is 1.25. The lowest BCUT2D eigenvalue weighted by molar-refractivity contribution is -0.138. The Morgan fingerprint density at radius 1 is 1.30 bits per heavy atom. The van der Waals surface area contributed by atoms with Gasteiger partial charge in [-0.1, -0.05) is 20.8 Å². The van der Waals surface area contributed by atoms with Crippen LogP contribution in [-0.2, 0) is 4.79 Å². The van der Waals surface area contributed by atoms with Crippen LogP contribution in [0.2, 0.25) is 0 Å². The van der Waals surface area contributed by atoms with E-state index in [-0.39, 0.29) is 17.7 Å². The molecular formula is C14H21N3O3. The minimum Gasteiger partial charge on any atom is -0.481 e. The van der Waals surface area contributed by atoms with E-state index >= 15 is 0 Å². The lowest BCUT2D eigenvalue weighted by atomic mass is 9.84. The standard InChI is InChI=1S/C14H21N3O3/c1-8-6-10(9(2)17-16-8)13(20)15-11(7-12(18)19)14(3,4)5/h6,11H,7H2,1-5H3,(H,15,20)(H,18,19). The van der Waals surface area contributed by atoms with E-state index in [4.69, 9.17) is 5.11 Å². The van der Waals surface area contributed by atoms with Gasteiger partial charge >= 0.3 is 5.97 Å². The quantitative estimate of drug-likeness (QED) is 0.875. The zero-order valence-electron chi connectivity index (χ0n) is 12.5. The zero-order chi connectivity index (χ0) is 15.5. The first-order chi connectivity index (χ1) is 9.11. The summed E-state index contributed by atoms with van der Waals surface area (Å²) in [5, 5.41) is 19.5. The number of nitrogens with one attached hydrogen (secondary N) is 1. The maximum Gasteiger partial charge on any atom is 0.305 e. The molecule has 0 bridgehead atoms. The van der Waals surface area contributed by atoms with Crippen LogP contribution in [0.1, 0.15) is 48.9 Å². The molecule has 0 radical (unpaired) electrons. The molecule has 0 aliphatic carbocycles. The molecule has 20 heavy (non-hydrogen) atoms. The molecule has 0 aliphatic rings. The Morgan fingerprint density at radius 3 is 2.40 bits per heavy atom. The highest BCUT2D eigenvalue weighted by Crippen LogP contribution is 2.22. The largest absolute Gasteiger partial charge is 0.481 e. The first-order valence-corrected chi connectivity index (χ1v) is 6.45. The molecule has 1 aromatic heterocycles. The first kappa shape index (κ1) is 16.1. The van der Waals surface area contributed by atoms with Crippen molar-refractivity contribution in [3.8, 4) is 0 Å². The highest BCUT2D eigenvalue weighted by atomic mass is 16.4. The fraction of sp³-hybridized carbons (Fsp3) is 0.571. The van der Waals surface area contributed by atoms with Gasteiger partial charge in [-0.05, 0) is 25.3 Å². The highest BCUT2D eigenvalue weighted by molar-refractivity contribution is 5.95. The molecule has 0 fully saturated rings. The van der Waals surface area contributed by atoms with Crippen LogP contribution < -0.4 is 5.32 Å². The van der Waals surface area contributed by atoms with E-state index in [1.165, 1.54) is 0 Å². The van der Waals surface area contributed by atoms with Gasteiger partial charge in [0.25, 0.3) is 5.91 Å². The predicted octanol–water partition coefficient (Wildman–Crippen LogP) is 1.71. The van der Waals surface area contributed by atoms with E-state index in [2.05, 4.69) is 15.5 Å². The third-order valence-electron chi connectivity index (χ3n) is 3.07. The van der Waals surface area contributed by atoms with Gasteiger partial charge in [-0.2, -0.15) is 10.2 Å². The van der Waals surface area contributed by atoms with Crippen molar-refractivity contribution in [2.45, 2.75) is 47.1 Å². The molecule has 0 saturated carbocycles. The summed E-state index contributed by atoms with van der Waals surface area (Å²) in [4.78, 5) is 23.2. The van der Waals surface area contributed by atoms with Crippen molar-refractivity contribution in [3.63, 3.8) is 0 Å². The Hall–Kier alpha value is -1.98. The van der Waals surface area contributed by atoms with Gasteiger partial charge in [0, 0.05) is 6.04 Å². The van der Waals surface area contributed by atoms with Crippen LogP contribution in [0.5, 0.6) is 0 Å². The van der Waals surface area contributed by atoms with E-state index in [0.29, 0.717) is 17.0 Å². The van der Waals surface area contributed by atoms with Gasteiger partial charge in [0.05, 0.1) is 23.4 Å². The second kappa shape index (κ2) is 5.98. The third kappa shape index (κ3) is 4.29. The maximum absolute atomic E-state index is 12.3. The van der Waals surface area contributed by atoms with Crippen LogP contribution in [0.15, 0.2) is 6.07 Å². The fourth-order valence-corrected chi connectivity index (χ4v) is 1.76. The van der Waals surface area contributed by atoms with Gasteiger partial charge in [-0.15, -0.1) is 0 Å². The molecule has 110 valence electrons. The lowest BCUT2D eigenvalue weighted by Crippen LogP contribution is -2.45. The summed E-state index contributed by atoms with van der Waals surface area (Å²) in [6.07, 6.45) is -0.119. The molecule has 6 nitrogen and oxygen atoms in total. The SMILES string of the molecule is Cc1cc(C(=O)NC(CC(=O)O)C(C)(C)C)c(C)nn1. The van der Waals surface area contributed by atoms with E-state index < -0.39 is 12.0 Å². The Labute approximate surface area is 118 Å². The van der Waals surface area contributed by atoms with Crippen molar-refractivity contribution in [3.05, 3.63) is 23.0 Å². The number of carbonyl (C=O) groups is 2. The summed E-state index contributed by atoms with van der Waals surface area (Å²) in [6, 6.07) is 1.19. The van der Waals surface area contributed by atoms with Crippen LogP contribution in [-0.4, -0.2) is 33.2 Å². The Morgan fingerprint density at radius 2 is 1.90 bits per heavy atom. The monoisotopic (exact) mass is 279 g/mol. The molecule has 1 unspecified atom stereocenters. The van der Waals surface area contributed by atoms with Crippen molar-refractivity contribution < 1.29 is 14.7 Å². The van der Waals surface area contributed by atoms with Crippen molar-refractivity contribution >= 4 is 11.9 Å². The predicted molar refractivity (Wildman–Crippen MR) is 74.5 cm³/mol. The maximum atomic E-state index is 12.3. The molecular weight excluding hydrogens is 258 g/mol. The number of amides is 1. The number of carboxylic acids is 1. The Kier molecular flexibility index (Phi) is 4.81. The van der Waals surface area contributed by atoms with Crippen LogP contribution in [0, 0.1) is 19.3 Å². The lowest BCUT2D eigenvalue weighted by Gasteiger charge is -2.30. The highest BCUT2D eigenvalue weighted by Gasteiger charge is 2.29. The summed E-state index contributed by atoms with van der Waals surface area (Å²) in [7, 11) is 0. The first-order valence-electron chi connectivity index (χ1n) is 6.45. The van der Waals surface area contributed by atoms with Crippen molar-refractivity contribution in [2.75, 3.05) is 0 Å². The molecule has 1 atom stereocenters. The summed E-state index contributed by atoms with van der Waals surface area (Å²) in [5.74, 6) is -1.26. The van der Waals surface area contributed by atoms with E-state index in [1.807, 2.05) is 20.8 Å². The number of carbonyl (C=O) groups excluding carboxylic acids is 1. The molecule has 1 amide bonds. The molecule has 0 aromatic carbocycles. The van der Waals surface area contributed by atoms with Crippen molar-refractivity contribution in [2.24, 2.45) is 5.41 Å². The van der Waals surface area contributed by atoms with E-state index in [0.717, 1.165) is 0 Å². The van der Waals surface area contributed by atoms with Gasteiger partial charge in [-0.3, -0.25) is 9.59 Å². The minimum atomic E-state index is -0.939. The fourth-order valence-electron chi connectivity index (χ4n) is 1.76. The molecule has 0 saturated heterocycles. The zero-order valence-corrected chi connectivity index (χ0v) is 12.5. The normalized spacial score (nSPS) is 12.8. The number of nitrogens with zero attached hydrogens (tertiary/aromatic N) is 2. The topological polar surface area (TPSA) is 92.2 Å². The average Bonchev–Trinajstić information content (AvgIpc) is 2.29. The molecule has 0 spiro atoms. The Balaban J connectivity index is 2.96. The second-order valence-electron chi connectivity index (χ2n) is 5.97. The van der Waals surface area contributed by atoms with Gasteiger partial charge in [0.1, 0.15) is 0 Å². The minimum absolute atomic E-state index is 0.119. The summed E-state index contributed by atoms with van der Waals surface area (Å²) < 4.78 is 0. The number of hydrogen-bond donors (Lipinski definition) is 2. The van der Waals surface area contributed by atoms with Gasteiger partial charge < -0.3 is 10.4 Å². The number of rotatable bonds is 4. The average molecular weight is 279 g/mol. The van der Waals surface area contributed by atoms with Crippen LogP contribution in [0.25, 0.3) is 0 Å². The van der Waals surface area contributed by atoms with E-state index in [9.17, 15) is 9.59 Å². The number of aromatic nitrogens is 2. The second-order valence-corrected chi connectivity index (χ2v) is 5.97. The van der Waals surface area contributed by atoms with E-state index in [1.54, 1.807) is 19.9 Å². The van der Waals surface area contributed by atoms with Gasteiger partial charge in [-0.25, -0.2) is 0 Å². The number of hydrogen-bond acceptors (Lipinski definition) is 4. The van der Waals surface area contributed by atoms with Crippen molar-refractivity contribution in [1.29, 1.82) is 0 Å². The Bertz CT molecular complexity index is 521. The number of aryl methyl sites for hydroxylation is 2. The van der Waals surface area contributed by atoms with Crippen LogP contribution >= 0.6 is 0 Å².